The molecule has 35 heavy (non-hydrogen) atoms. The Morgan fingerprint density at radius 2 is 1.74 bits per heavy atom. The highest BCUT2D eigenvalue weighted by molar-refractivity contribution is 7.89. The Bertz CT molecular complexity index is 1250. The number of anilines is 1. The van der Waals surface area contributed by atoms with E-state index in [1.54, 1.807) is 24.8 Å². The fourth-order valence-corrected chi connectivity index (χ4v) is 7.76. The van der Waals surface area contributed by atoms with E-state index in [0.717, 1.165) is 37.2 Å². The lowest BCUT2D eigenvalue weighted by molar-refractivity contribution is 0.279. The molecule has 2 aliphatic heterocycles. The van der Waals surface area contributed by atoms with Gasteiger partial charge in [0.05, 0.1) is 0 Å². The van der Waals surface area contributed by atoms with Gasteiger partial charge in [-0.05, 0) is 49.8 Å². The number of halogens is 1. The molecule has 3 unspecified atom stereocenters. The zero-order valence-corrected chi connectivity index (χ0v) is 21.0. The molecule has 0 radical (unpaired) electrons. The Hall–Kier alpha value is -2.78. The van der Waals surface area contributed by atoms with Crippen LogP contribution in [0.5, 0.6) is 0 Å². The molecule has 7 nitrogen and oxygen atoms in total. The monoisotopic (exact) mass is 497 g/mol. The van der Waals surface area contributed by atoms with Crippen LogP contribution >= 0.6 is 0 Å². The summed E-state index contributed by atoms with van der Waals surface area (Å²) in [6, 6.07) is 14.7. The van der Waals surface area contributed by atoms with Crippen LogP contribution < -0.4 is 4.90 Å². The van der Waals surface area contributed by atoms with Crippen molar-refractivity contribution in [2.24, 2.45) is 5.92 Å². The van der Waals surface area contributed by atoms with Crippen LogP contribution in [0.2, 0.25) is 0 Å². The zero-order chi connectivity index (χ0) is 24.6. The average molecular weight is 498 g/mol. The van der Waals surface area contributed by atoms with Crippen molar-refractivity contribution in [3.05, 3.63) is 78.1 Å². The van der Waals surface area contributed by atoms with E-state index in [4.69, 9.17) is 0 Å². The minimum absolute atomic E-state index is 0.0467. The highest BCUT2D eigenvalue weighted by atomic mass is 32.2. The lowest BCUT2D eigenvalue weighted by Gasteiger charge is -2.39. The number of nitrogens with zero attached hydrogens (tertiary/aromatic N) is 5. The number of sulfonamides is 1. The molecule has 0 spiro atoms. The van der Waals surface area contributed by atoms with Crippen molar-refractivity contribution in [3.8, 4) is 0 Å². The molecule has 0 N–H and O–H groups in total. The maximum Gasteiger partial charge on any atom is 0.221 e. The van der Waals surface area contributed by atoms with Gasteiger partial charge in [-0.2, -0.15) is 4.31 Å². The van der Waals surface area contributed by atoms with Crippen LogP contribution in [0.4, 0.5) is 10.1 Å². The van der Waals surface area contributed by atoms with Crippen LogP contribution in [0.25, 0.3) is 0 Å². The van der Waals surface area contributed by atoms with Crippen molar-refractivity contribution < 1.29 is 12.8 Å². The third-order valence-corrected chi connectivity index (χ3v) is 9.97. The van der Waals surface area contributed by atoms with Gasteiger partial charge in [0, 0.05) is 43.0 Å². The van der Waals surface area contributed by atoms with Crippen LogP contribution in [0, 0.1) is 11.7 Å². The van der Waals surface area contributed by atoms with Gasteiger partial charge >= 0.3 is 0 Å². The molecule has 3 heterocycles. The van der Waals surface area contributed by atoms with Crippen molar-refractivity contribution in [2.75, 3.05) is 18.0 Å². The molecule has 5 rings (SSSR count). The van der Waals surface area contributed by atoms with Gasteiger partial charge in [-0.25, -0.2) is 12.8 Å². The first-order valence-electron chi connectivity index (χ1n) is 12.3. The Balaban J connectivity index is 1.31. The first kappa shape index (κ1) is 23.9. The number of hydrogen-bond donors (Lipinski definition) is 0. The van der Waals surface area contributed by atoms with Gasteiger partial charge in [0.25, 0.3) is 0 Å². The third-order valence-electron chi connectivity index (χ3n) is 7.60. The molecule has 0 saturated carbocycles. The second-order valence-electron chi connectivity index (χ2n) is 9.88. The summed E-state index contributed by atoms with van der Waals surface area (Å²) in [5.74, 6) is -0.00271. The molecule has 3 aromatic rings. The van der Waals surface area contributed by atoms with Crippen molar-refractivity contribution in [1.82, 2.24) is 19.1 Å². The van der Waals surface area contributed by atoms with Gasteiger partial charge in [-0.1, -0.05) is 43.3 Å². The van der Waals surface area contributed by atoms with Gasteiger partial charge in [-0.3, -0.25) is 0 Å². The normalized spacial score (nSPS) is 27.1. The number of aromatic nitrogens is 3. The molecule has 4 atom stereocenters. The zero-order valence-electron chi connectivity index (χ0n) is 20.2. The second-order valence-corrected chi connectivity index (χ2v) is 11.9. The number of rotatable bonds is 5. The third kappa shape index (κ3) is 4.71. The summed E-state index contributed by atoms with van der Waals surface area (Å²) in [5.41, 5.74) is 2.03. The molecular formula is C26H32FN5O2S. The lowest BCUT2D eigenvalue weighted by Crippen LogP contribution is -2.44. The van der Waals surface area contributed by atoms with E-state index in [2.05, 4.69) is 26.6 Å². The van der Waals surface area contributed by atoms with Crippen LogP contribution in [0.3, 0.4) is 0 Å². The highest BCUT2D eigenvalue weighted by Crippen LogP contribution is 2.38. The average Bonchev–Trinajstić information content (AvgIpc) is 3.37. The number of hydrogen-bond acceptors (Lipinski definition) is 5. The summed E-state index contributed by atoms with van der Waals surface area (Å²) < 4.78 is 45.8. The Kier molecular flexibility index (Phi) is 6.63. The van der Waals surface area contributed by atoms with Gasteiger partial charge in [0.1, 0.15) is 23.7 Å². The topological polar surface area (TPSA) is 71.3 Å². The molecular weight excluding hydrogens is 465 g/mol. The van der Waals surface area contributed by atoms with Gasteiger partial charge in [0.15, 0.2) is 0 Å². The summed E-state index contributed by atoms with van der Waals surface area (Å²) in [6.07, 6.45) is 5.76. The van der Waals surface area contributed by atoms with E-state index in [-0.39, 0.29) is 18.4 Å². The second kappa shape index (κ2) is 9.70. The minimum Gasteiger partial charge on any atom is -0.371 e. The standard InChI is InChI=1S/C26H32FN5O2S/c1-19-15-30(13-12-25(19)31-17-28-29-18-31)23-10-9-22(24(27)14-23)16-32-20(2)8-11-26(35(32,33)34)21-6-4-3-5-7-21/h3-7,9-10,14,17-20,25-26H,8,11-13,15-16H2,1-2H3/t19?,20-,25?,26?/m0/s1. The molecule has 1 aromatic heterocycles. The number of piperidine rings is 1. The van der Waals surface area contributed by atoms with E-state index in [0.29, 0.717) is 23.9 Å². The van der Waals surface area contributed by atoms with Crippen LogP contribution in [0.15, 0.2) is 61.2 Å². The van der Waals surface area contributed by atoms with Gasteiger partial charge < -0.3 is 9.47 Å². The smallest absolute Gasteiger partial charge is 0.221 e. The summed E-state index contributed by atoms with van der Waals surface area (Å²) in [5, 5.41) is 7.25. The van der Waals surface area contributed by atoms with Crippen LogP contribution in [0.1, 0.15) is 55.5 Å². The molecule has 2 saturated heterocycles. The summed E-state index contributed by atoms with van der Waals surface area (Å²) in [7, 11) is -3.60. The van der Waals surface area contributed by atoms with E-state index in [9.17, 15) is 8.42 Å². The summed E-state index contributed by atoms with van der Waals surface area (Å²) >= 11 is 0. The minimum atomic E-state index is -3.60. The quantitative estimate of drug-likeness (QED) is 0.517. The maximum absolute atomic E-state index is 15.3. The van der Waals surface area contributed by atoms with Crippen molar-refractivity contribution in [2.45, 2.75) is 57.0 Å². The Labute approximate surface area is 206 Å². The Morgan fingerprint density at radius 1 is 1.00 bits per heavy atom. The first-order valence-corrected chi connectivity index (χ1v) is 13.8. The fraction of sp³-hybridized carbons (Fsp3) is 0.462. The Morgan fingerprint density at radius 3 is 2.43 bits per heavy atom. The molecule has 2 fully saturated rings. The summed E-state index contributed by atoms with van der Waals surface area (Å²) in [6.45, 7) is 5.75. The van der Waals surface area contributed by atoms with E-state index >= 15 is 4.39 Å². The van der Waals surface area contributed by atoms with E-state index in [1.807, 2.05) is 43.3 Å². The molecule has 186 valence electrons. The molecule has 0 amide bonds. The van der Waals surface area contributed by atoms with Crippen LogP contribution in [-0.4, -0.2) is 46.6 Å². The van der Waals surface area contributed by atoms with Crippen molar-refractivity contribution in [1.29, 1.82) is 0 Å². The summed E-state index contributed by atoms with van der Waals surface area (Å²) in [4.78, 5) is 2.20. The SMILES string of the molecule is CC1CN(c2ccc(CN3[C@@H](C)CCC(c4ccccc4)S3(=O)=O)c(F)c2)CCC1n1cnnc1. The predicted molar refractivity (Wildman–Crippen MR) is 134 cm³/mol. The van der Waals surface area contributed by atoms with Crippen molar-refractivity contribution >= 4 is 15.7 Å². The van der Waals surface area contributed by atoms with Gasteiger partial charge in [-0.15, -0.1) is 10.2 Å². The predicted octanol–water partition coefficient (Wildman–Crippen LogP) is 4.56. The largest absolute Gasteiger partial charge is 0.371 e. The van der Waals surface area contributed by atoms with Crippen LogP contribution in [-0.2, 0) is 16.6 Å². The molecule has 0 aliphatic carbocycles. The first-order chi connectivity index (χ1) is 16.8. The number of benzene rings is 2. The van der Waals surface area contributed by atoms with E-state index < -0.39 is 15.3 Å². The lowest BCUT2D eigenvalue weighted by atomic mass is 9.93. The van der Waals surface area contributed by atoms with E-state index in [1.165, 1.54) is 4.31 Å². The van der Waals surface area contributed by atoms with Gasteiger partial charge in [0.2, 0.25) is 10.0 Å². The molecule has 9 heteroatoms. The molecule has 2 aliphatic rings. The fourth-order valence-electron chi connectivity index (χ4n) is 5.57. The molecule has 2 aromatic carbocycles. The maximum atomic E-state index is 15.3. The van der Waals surface area contributed by atoms with Crippen molar-refractivity contribution in [3.63, 3.8) is 0 Å². The molecule has 0 bridgehead atoms. The highest BCUT2D eigenvalue weighted by Gasteiger charge is 2.40.